The first-order chi connectivity index (χ1) is 25.8. The first-order valence-electron chi connectivity index (χ1n) is 17.3. The highest BCUT2D eigenvalue weighted by Gasteiger charge is 2.56. The summed E-state index contributed by atoms with van der Waals surface area (Å²) in [5.41, 5.74) is 1.00. The van der Waals surface area contributed by atoms with Crippen LogP contribution < -0.4 is 0 Å². The molecule has 10 atom stereocenters. The topological polar surface area (TPSA) is 203 Å². The Labute approximate surface area is 311 Å². The van der Waals surface area contributed by atoms with E-state index in [0.717, 1.165) is 44.4 Å². The summed E-state index contributed by atoms with van der Waals surface area (Å²) < 4.78 is 46.0. The molecule has 2 saturated heterocycles. The normalized spacial score (nSPS) is 28.4. The Hall–Kier alpha value is -4.74. The van der Waals surface area contributed by atoms with E-state index in [-0.39, 0.29) is 6.61 Å². The standard InChI is InChI=1S/C39H44O15/c1-22(40)47-20-30-33(49-23(2)41)35(50-24(3)42)36(51-25(4)43)38(53-30)54-34-31(44)29(52-37(46)32(34)45)21-48-39(26-14-8-5-9-15-26,27-16-10-6-11-17-27)28-18-12-7-13-19-28/h5-19,29-38,44-46H,20-21H2,1-4H3/t29-,30-,31+,32-,33-,34+,35+,36-,37+,38+/m1/s1. The van der Waals surface area contributed by atoms with Crippen molar-refractivity contribution in [2.24, 2.45) is 0 Å². The summed E-state index contributed by atoms with van der Waals surface area (Å²) in [5.74, 6) is -3.29. The van der Waals surface area contributed by atoms with Gasteiger partial charge in [-0.15, -0.1) is 0 Å². The number of ether oxygens (including phenoxy) is 8. The maximum Gasteiger partial charge on any atom is 0.303 e. The van der Waals surface area contributed by atoms with E-state index in [1.165, 1.54) is 0 Å². The van der Waals surface area contributed by atoms with Gasteiger partial charge in [0, 0.05) is 27.7 Å². The Morgan fingerprint density at radius 1 is 0.556 bits per heavy atom. The van der Waals surface area contributed by atoms with E-state index in [4.69, 9.17) is 37.9 Å². The minimum atomic E-state index is -1.92. The number of aliphatic hydroxyl groups is 3. The lowest BCUT2D eigenvalue weighted by Crippen LogP contribution is -2.66. The molecule has 5 rings (SSSR count). The van der Waals surface area contributed by atoms with Crippen molar-refractivity contribution in [2.75, 3.05) is 13.2 Å². The highest BCUT2D eigenvalue weighted by Crippen LogP contribution is 2.41. The molecule has 3 aromatic carbocycles. The molecule has 2 heterocycles. The maximum absolute atomic E-state index is 12.3. The number of hydrogen-bond acceptors (Lipinski definition) is 15. The van der Waals surface area contributed by atoms with Gasteiger partial charge in [-0.2, -0.15) is 0 Å². The lowest BCUT2D eigenvalue weighted by Gasteiger charge is -2.47. The average molecular weight is 753 g/mol. The molecule has 2 fully saturated rings. The minimum Gasteiger partial charge on any atom is -0.463 e. The monoisotopic (exact) mass is 752 g/mol. The van der Waals surface area contributed by atoms with Crippen molar-refractivity contribution in [1.82, 2.24) is 0 Å². The second-order valence-corrected chi connectivity index (χ2v) is 12.8. The van der Waals surface area contributed by atoms with Crippen LogP contribution in [-0.4, -0.2) is 114 Å². The first-order valence-corrected chi connectivity index (χ1v) is 17.3. The van der Waals surface area contributed by atoms with Crippen molar-refractivity contribution in [1.29, 1.82) is 0 Å². The molecule has 54 heavy (non-hydrogen) atoms. The zero-order valence-electron chi connectivity index (χ0n) is 30.1. The molecule has 0 radical (unpaired) electrons. The van der Waals surface area contributed by atoms with Gasteiger partial charge in [-0.1, -0.05) is 91.0 Å². The Morgan fingerprint density at radius 2 is 1.02 bits per heavy atom. The van der Waals surface area contributed by atoms with Gasteiger partial charge in [0.05, 0.1) is 6.61 Å². The number of hydrogen-bond donors (Lipinski definition) is 3. The van der Waals surface area contributed by atoms with Gasteiger partial charge < -0.3 is 53.2 Å². The van der Waals surface area contributed by atoms with Crippen molar-refractivity contribution in [3.8, 4) is 0 Å². The minimum absolute atomic E-state index is 0.359. The lowest BCUT2D eigenvalue weighted by molar-refractivity contribution is -0.358. The van der Waals surface area contributed by atoms with Crippen LogP contribution in [0.15, 0.2) is 91.0 Å². The van der Waals surface area contributed by atoms with Crippen molar-refractivity contribution in [2.45, 2.75) is 94.7 Å². The van der Waals surface area contributed by atoms with Gasteiger partial charge in [0.15, 0.2) is 30.9 Å². The van der Waals surface area contributed by atoms with E-state index in [0.29, 0.717) is 0 Å². The Kier molecular flexibility index (Phi) is 13.5. The van der Waals surface area contributed by atoms with Crippen LogP contribution in [-0.2, 0) is 62.7 Å². The van der Waals surface area contributed by atoms with Gasteiger partial charge >= 0.3 is 23.9 Å². The van der Waals surface area contributed by atoms with E-state index in [1.807, 2.05) is 91.0 Å². The Morgan fingerprint density at radius 3 is 1.48 bits per heavy atom. The number of benzene rings is 3. The summed E-state index contributed by atoms with van der Waals surface area (Å²) in [6.45, 7) is 3.44. The van der Waals surface area contributed by atoms with E-state index < -0.39 is 97.5 Å². The predicted octanol–water partition coefficient (Wildman–Crippen LogP) is 1.90. The molecule has 290 valence electrons. The molecule has 0 aliphatic carbocycles. The summed E-state index contributed by atoms with van der Waals surface area (Å²) >= 11 is 0. The van der Waals surface area contributed by atoms with Crippen LogP contribution >= 0.6 is 0 Å². The molecule has 0 bridgehead atoms. The van der Waals surface area contributed by atoms with Crippen LogP contribution in [0, 0.1) is 0 Å². The van der Waals surface area contributed by atoms with Crippen LogP contribution in [0.4, 0.5) is 0 Å². The number of rotatable bonds is 13. The SMILES string of the molecule is CC(=O)OC[C@H]1O[C@@H](O[C@@H]2[C@@H](O)[C@@H](O)O[C@H](COC(c3ccccc3)(c3ccccc3)c3ccccc3)[C@@H]2O)[C@H](OC(C)=O)[C@@H](OC(C)=O)[C@@H]1OC(C)=O. The average Bonchev–Trinajstić information content (AvgIpc) is 3.14. The fourth-order valence-corrected chi connectivity index (χ4v) is 6.64. The molecule has 0 spiro atoms. The third-order valence-electron chi connectivity index (χ3n) is 8.91. The van der Waals surface area contributed by atoms with Crippen LogP contribution in [0.1, 0.15) is 44.4 Å². The Balaban J connectivity index is 1.49. The van der Waals surface area contributed by atoms with Crippen LogP contribution in [0.25, 0.3) is 0 Å². The fourth-order valence-electron chi connectivity index (χ4n) is 6.64. The van der Waals surface area contributed by atoms with Gasteiger partial charge in [-0.25, -0.2) is 0 Å². The maximum atomic E-state index is 12.3. The molecule has 0 saturated carbocycles. The molecule has 0 aromatic heterocycles. The van der Waals surface area contributed by atoms with Crippen molar-refractivity contribution in [3.05, 3.63) is 108 Å². The third kappa shape index (κ3) is 9.30. The molecule has 2 aliphatic rings. The molecule has 15 nitrogen and oxygen atoms in total. The molecule has 0 unspecified atom stereocenters. The van der Waals surface area contributed by atoms with Crippen LogP contribution in [0.5, 0.6) is 0 Å². The second kappa shape index (κ2) is 18.1. The summed E-state index contributed by atoms with van der Waals surface area (Å²) in [5, 5.41) is 33.8. The van der Waals surface area contributed by atoms with Gasteiger partial charge in [0.2, 0.25) is 0 Å². The number of carbonyl (C=O) groups is 4. The van der Waals surface area contributed by atoms with Gasteiger partial charge in [0.1, 0.15) is 42.7 Å². The molecular weight excluding hydrogens is 708 g/mol. The highest BCUT2D eigenvalue weighted by atomic mass is 16.7. The molecular formula is C39H44O15. The first kappa shape index (κ1) is 40.4. The quantitative estimate of drug-likeness (QED) is 0.130. The van der Waals surface area contributed by atoms with E-state index >= 15 is 0 Å². The van der Waals surface area contributed by atoms with Gasteiger partial charge in [0.25, 0.3) is 0 Å². The summed E-state index contributed by atoms with van der Waals surface area (Å²) in [6.07, 6.45) is -16.4. The smallest absolute Gasteiger partial charge is 0.303 e. The summed E-state index contributed by atoms with van der Waals surface area (Å²) in [7, 11) is 0. The number of aliphatic hydroxyl groups excluding tert-OH is 3. The molecule has 2 aliphatic heterocycles. The van der Waals surface area contributed by atoms with Gasteiger partial charge in [-0.3, -0.25) is 19.2 Å². The summed E-state index contributed by atoms with van der Waals surface area (Å²) in [4.78, 5) is 48.5. The lowest BCUT2D eigenvalue weighted by atomic mass is 9.80. The van der Waals surface area contributed by atoms with Gasteiger partial charge in [-0.05, 0) is 16.7 Å². The molecule has 0 amide bonds. The van der Waals surface area contributed by atoms with E-state index in [9.17, 15) is 34.5 Å². The number of esters is 4. The zero-order chi connectivity index (χ0) is 39.0. The number of carbonyl (C=O) groups excluding carboxylic acids is 4. The fraction of sp³-hybridized carbons (Fsp3) is 0.436. The zero-order valence-corrected chi connectivity index (χ0v) is 30.1. The van der Waals surface area contributed by atoms with Crippen LogP contribution in [0.2, 0.25) is 0 Å². The summed E-state index contributed by atoms with van der Waals surface area (Å²) in [6, 6.07) is 28.2. The molecule has 3 N–H and O–H groups in total. The second-order valence-electron chi connectivity index (χ2n) is 12.8. The van der Waals surface area contributed by atoms with E-state index in [2.05, 4.69) is 0 Å². The Bertz CT molecular complexity index is 1610. The van der Waals surface area contributed by atoms with Crippen molar-refractivity contribution >= 4 is 23.9 Å². The predicted molar refractivity (Wildman–Crippen MR) is 185 cm³/mol. The largest absolute Gasteiger partial charge is 0.463 e. The van der Waals surface area contributed by atoms with Crippen LogP contribution in [0.3, 0.4) is 0 Å². The third-order valence-corrected chi connectivity index (χ3v) is 8.91. The highest BCUT2D eigenvalue weighted by molar-refractivity contribution is 5.68. The van der Waals surface area contributed by atoms with E-state index in [1.54, 1.807) is 0 Å². The molecule has 3 aromatic rings. The van der Waals surface area contributed by atoms with Crippen molar-refractivity contribution in [3.63, 3.8) is 0 Å². The van der Waals surface area contributed by atoms with Crippen molar-refractivity contribution < 1.29 is 72.4 Å². The molecule has 15 heteroatoms.